The van der Waals surface area contributed by atoms with E-state index in [4.69, 9.17) is 5.11 Å². The van der Waals surface area contributed by atoms with Gasteiger partial charge in [-0.05, 0) is 24.7 Å². The Morgan fingerprint density at radius 1 is 1.17 bits per heavy atom. The van der Waals surface area contributed by atoms with Crippen LogP contribution in [0.15, 0.2) is 12.2 Å². The summed E-state index contributed by atoms with van der Waals surface area (Å²) in [6, 6.07) is 0. The second kappa shape index (κ2) is 3.93. The Labute approximate surface area is 104 Å². The molecule has 2 fully saturated rings. The van der Waals surface area contributed by atoms with Crippen LogP contribution in [0.4, 0.5) is 0 Å². The zero-order chi connectivity index (χ0) is 12.9. The number of likely N-dealkylation sites (tertiary alicyclic amines) is 1. The molecule has 4 aliphatic rings. The summed E-state index contributed by atoms with van der Waals surface area (Å²) in [6.45, 7) is 0.0133. The van der Waals surface area contributed by atoms with Gasteiger partial charge in [0.25, 0.3) is 0 Å². The first-order chi connectivity index (χ1) is 8.59. The Morgan fingerprint density at radius 3 is 2.06 bits per heavy atom. The van der Waals surface area contributed by atoms with Gasteiger partial charge in [-0.1, -0.05) is 12.2 Å². The fourth-order valence-electron chi connectivity index (χ4n) is 3.56. The monoisotopic (exact) mass is 249 g/mol. The molecule has 1 N–H and O–H groups in total. The van der Waals surface area contributed by atoms with Crippen LogP contribution in [0.2, 0.25) is 0 Å². The Bertz CT molecular complexity index is 424. The number of amides is 2. The minimum atomic E-state index is -0.980. The van der Waals surface area contributed by atoms with E-state index in [1.54, 1.807) is 0 Å². The Morgan fingerprint density at radius 2 is 1.67 bits per heavy atom. The van der Waals surface area contributed by atoms with Crippen molar-refractivity contribution in [3.63, 3.8) is 0 Å². The molecular formula is C13H15NO4. The molecule has 1 saturated heterocycles. The minimum absolute atomic E-state index is 0.0133. The largest absolute Gasteiger partial charge is 0.481 e. The lowest BCUT2D eigenvalue weighted by Gasteiger charge is -2.38. The van der Waals surface area contributed by atoms with Crippen molar-refractivity contribution in [1.82, 2.24) is 4.90 Å². The highest BCUT2D eigenvalue weighted by Gasteiger charge is 2.56. The number of hydrogen-bond donors (Lipinski definition) is 1. The van der Waals surface area contributed by atoms with E-state index in [9.17, 15) is 14.4 Å². The van der Waals surface area contributed by atoms with Crippen molar-refractivity contribution in [3.05, 3.63) is 12.2 Å². The normalized spacial score (nSPS) is 37.2. The average molecular weight is 249 g/mol. The molecule has 1 heterocycles. The molecule has 0 spiro atoms. The summed E-state index contributed by atoms with van der Waals surface area (Å²) in [5, 5.41) is 8.66. The van der Waals surface area contributed by atoms with Crippen LogP contribution in [-0.2, 0) is 14.4 Å². The molecule has 4 unspecified atom stereocenters. The number of aliphatic carboxylic acids is 1. The molecule has 0 aromatic rings. The van der Waals surface area contributed by atoms with Crippen molar-refractivity contribution in [2.75, 3.05) is 6.54 Å². The highest BCUT2D eigenvalue weighted by atomic mass is 16.4. The van der Waals surface area contributed by atoms with E-state index in [2.05, 4.69) is 12.2 Å². The lowest BCUT2D eigenvalue weighted by Crippen LogP contribution is -2.38. The zero-order valence-electron chi connectivity index (χ0n) is 9.91. The van der Waals surface area contributed by atoms with Crippen LogP contribution in [0.5, 0.6) is 0 Å². The molecule has 2 bridgehead atoms. The molecule has 1 saturated carbocycles. The van der Waals surface area contributed by atoms with E-state index in [0.29, 0.717) is 0 Å². The molecular weight excluding hydrogens is 234 g/mol. The summed E-state index contributed by atoms with van der Waals surface area (Å²) in [5.41, 5.74) is 0. The molecule has 3 aliphatic carbocycles. The predicted octanol–water partition coefficient (Wildman–Crippen LogP) is 0.658. The van der Waals surface area contributed by atoms with E-state index in [-0.39, 0.29) is 48.5 Å². The second-order valence-corrected chi connectivity index (χ2v) is 5.31. The van der Waals surface area contributed by atoms with Gasteiger partial charge < -0.3 is 5.11 Å². The number of imide groups is 1. The number of carboxylic acids is 1. The number of fused-ring (bicyclic) bond motifs is 1. The first-order valence-electron chi connectivity index (χ1n) is 6.35. The summed E-state index contributed by atoms with van der Waals surface area (Å²) in [4.78, 5) is 36.2. The molecule has 0 radical (unpaired) electrons. The molecule has 0 aromatic heterocycles. The molecule has 18 heavy (non-hydrogen) atoms. The minimum Gasteiger partial charge on any atom is -0.481 e. The average Bonchev–Trinajstić information content (AvgIpc) is 2.63. The number of carboxylic acid groups (broad SMARTS) is 1. The molecule has 4 rings (SSSR count). The Balaban J connectivity index is 1.83. The standard InChI is InChI=1S/C13H15NO4/c15-9(16)5-6-14-12(17)10-7-1-2-8(4-3-7)11(10)13(14)18/h1-2,7-8,10-11H,3-6H2,(H,15,16). The summed E-state index contributed by atoms with van der Waals surface area (Å²) in [7, 11) is 0. The zero-order valence-corrected chi connectivity index (χ0v) is 9.91. The first-order valence-corrected chi connectivity index (χ1v) is 6.35. The van der Waals surface area contributed by atoms with E-state index < -0.39 is 5.97 Å². The molecule has 1 aliphatic heterocycles. The maximum Gasteiger partial charge on any atom is 0.305 e. The lowest BCUT2D eigenvalue weighted by molar-refractivity contribution is -0.142. The van der Waals surface area contributed by atoms with Crippen LogP contribution < -0.4 is 0 Å². The van der Waals surface area contributed by atoms with E-state index in [1.165, 1.54) is 4.90 Å². The van der Waals surface area contributed by atoms with Gasteiger partial charge in [0.2, 0.25) is 11.8 Å². The third kappa shape index (κ3) is 1.50. The molecule has 0 aromatic carbocycles. The van der Waals surface area contributed by atoms with Gasteiger partial charge in [-0.3, -0.25) is 19.3 Å². The topological polar surface area (TPSA) is 74.7 Å². The van der Waals surface area contributed by atoms with Crippen molar-refractivity contribution < 1.29 is 19.5 Å². The van der Waals surface area contributed by atoms with Gasteiger partial charge in [-0.2, -0.15) is 0 Å². The molecule has 96 valence electrons. The number of rotatable bonds is 3. The van der Waals surface area contributed by atoms with Gasteiger partial charge in [0, 0.05) is 6.54 Å². The summed E-state index contributed by atoms with van der Waals surface area (Å²) < 4.78 is 0. The predicted molar refractivity (Wildman–Crippen MR) is 61.3 cm³/mol. The van der Waals surface area contributed by atoms with Crippen molar-refractivity contribution in [2.24, 2.45) is 23.7 Å². The molecule has 5 nitrogen and oxygen atoms in total. The third-order valence-corrected chi connectivity index (χ3v) is 4.40. The SMILES string of the molecule is O=C(O)CCN1C(=O)C2C3C=CC(CC3)C2C1=O. The highest BCUT2D eigenvalue weighted by Crippen LogP contribution is 2.49. The number of hydrogen-bond acceptors (Lipinski definition) is 3. The number of nitrogens with zero attached hydrogens (tertiary/aromatic N) is 1. The van der Waals surface area contributed by atoms with E-state index in [1.807, 2.05) is 0 Å². The van der Waals surface area contributed by atoms with E-state index >= 15 is 0 Å². The van der Waals surface area contributed by atoms with Gasteiger partial charge in [0.05, 0.1) is 18.3 Å². The first kappa shape index (κ1) is 11.4. The second-order valence-electron chi connectivity index (χ2n) is 5.31. The van der Waals surface area contributed by atoms with Crippen LogP contribution >= 0.6 is 0 Å². The number of carbonyl (C=O) groups excluding carboxylic acids is 2. The fourth-order valence-corrected chi connectivity index (χ4v) is 3.56. The van der Waals surface area contributed by atoms with Gasteiger partial charge in [-0.15, -0.1) is 0 Å². The van der Waals surface area contributed by atoms with Crippen LogP contribution in [0.3, 0.4) is 0 Å². The van der Waals surface area contributed by atoms with Crippen LogP contribution in [0.1, 0.15) is 19.3 Å². The fraction of sp³-hybridized carbons (Fsp3) is 0.615. The van der Waals surface area contributed by atoms with Crippen molar-refractivity contribution in [2.45, 2.75) is 19.3 Å². The number of allylic oxidation sites excluding steroid dienone is 2. The van der Waals surface area contributed by atoms with Crippen molar-refractivity contribution >= 4 is 17.8 Å². The summed E-state index contributed by atoms with van der Waals surface area (Å²) in [6.07, 6.45) is 5.88. The summed E-state index contributed by atoms with van der Waals surface area (Å²) in [5.74, 6) is -1.41. The highest BCUT2D eigenvalue weighted by molar-refractivity contribution is 6.06. The van der Waals surface area contributed by atoms with E-state index in [0.717, 1.165) is 12.8 Å². The lowest BCUT2D eigenvalue weighted by atomic mass is 9.63. The van der Waals surface area contributed by atoms with Crippen molar-refractivity contribution in [3.8, 4) is 0 Å². The maximum absolute atomic E-state index is 12.2. The Hall–Kier alpha value is -1.65. The van der Waals surface area contributed by atoms with Gasteiger partial charge in [0.15, 0.2) is 0 Å². The maximum atomic E-state index is 12.2. The molecule has 5 heteroatoms. The van der Waals surface area contributed by atoms with Crippen LogP contribution in [-0.4, -0.2) is 34.3 Å². The smallest absolute Gasteiger partial charge is 0.305 e. The van der Waals surface area contributed by atoms with Crippen molar-refractivity contribution in [1.29, 1.82) is 0 Å². The third-order valence-electron chi connectivity index (χ3n) is 4.40. The Kier molecular flexibility index (Phi) is 2.50. The van der Waals surface area contributed by atoms with Gasteiger partial charge in [-0.25, -0.2) is 0 Å². The number of carbonyl (C=O) groups is 3. The van der Waals surface area contributed by atoms with Crippen LogP contribution in [0, 0.1) is 23.7 Å². The molecule has 4 atom stereocenters. The van der Waals surface area contributed by atoms with Gasteiger partial charge in [0.1, 0.15) is 0 Å². The van der Waals surface area contributed by atoms with Gasteiger partial charge >= 0.3 is 5.97 Å². The quantitative estimate of drug-likeness (QED) is 0.589. The summed E-state index contributed by atoms with van der Waals surface area (Å²) >= 11 is 0. The molecule has 2 amide bonds. The van der Waals surface area contributed by atoms with Crippen LogP contribution in [0.25, 0.3) is 0 Å².